The zero-order valence-corrected chi connectivity index (χ0v) is 20.2. The average molecular weight is 460 g/mol. The standard InChI is InChI=1S/C28H33N3O3/c1-3-4-18-34-25-24-27(33)30(2)16-17-31(24)23(29-26(25)32)19-28(14-7-8-15-28)22-13-9-11-20-10-5-6-12-21(20)22/h5-6,9-13H,3-4,7-8,14-19H2,1-2H3. The fourth-order valence-corrected chi connectivity index (χ4v) is 5.73. The summed E-state index contributed by atoms with van der Waals surface area (Å²) >= 11 is 0. The van der Waals surface area contributed by atoms with Gasteiger partial charge in [0.25, 0.3) is 5.91 Å². The molecule has 0 saturated heterocycles. The van der Waals surface area contributed by atoms with E-state index in [1.165, 1.54) is 16.3 Å². The molecule has 0 atom stereocenters. The molecule has 3 aromatic rings. The first-order valence-corrected chi connectivity index (χ1v) is 12.5. The number of ether oxygens (including phenoxy) is 1. The second kappa shape index (κ2) is 9.24. The first kappa shape index (κ1) is 22.6. The fourth-order valence-electron chi connectivity index (χ4n) is 5.73. The minimum absolute atomic E-state index is 0.0992. The molecule has 2 aliphatic rings. The Bertz CT molecular complexity index is 1270. The summed E-state index contributed by atoms with van der Waals surface area (Å²) in [7, 11) is 1.78. The molecule has 2 aromatic carbocycles. The van der Waals surface area contributed by atoms with Crippen molar-refractivity contribution in [2.45, 2.75) is 63.8 Å². The van der Waals surface area contributed by atoms with Gasteiger partial charge in [0, 0.05) is 32.0 Å². The van der Waals surface area contributed by atoms with E-state index < -0.39 is 5.56 Å². The molecule has 1 aliphatic carbocycles. The first-order valence-electron chi connectivity index (χ1n) is 12.5. The highest BCUT2D eigenvalue weighted by molar-refractivity contribution is 5.95. The van der Waals surface area contributed by atoms with Crippen molar-refractivity contribution in [3.05, 3.63) is 69.9 Å². The summed E-state index contributed by atoms with van der Waals surface area (Å²) < 4.78 is 7.81. The molecular weight excluding hydrogens is 426 g/mol. The van der Waals surface area contributed by atoms with E-state index in [1.54, 1.807) is 11.9 Å². The molecular formula is C28H33N3O3. The molecule has 0 spiro atoms. The van der Waals surface area contributed by atoms with E-state index in [0.29, 0.717) is 37.6 Å². The third-order valence-electron chi connectivity index (χ3n) is 7.59. The summed E-state index contributed by atoms with van der Waals surface area (Å²) in [6.45, 7) is 3.70. The zero-order valence-electron chi connectivity index (χ0n) is 20.2. The lowest BCUT2D eigenvalue weighted by Gasteiger charge is -2.34. The summed E-state index contributed by atoms with van der Waals surface area (Å²) in [5.74, 6) is 0.655. The van der Waals surface area contributed by atoms with E-state index in [4.69, 9.17) is 4.74 Å². The van der Waals surface area contributed by atoms with Crippen LogP contribution in [0.15, 0.2) is 47.3 Å². The van der Waals surface area contributed by atoms with Crippen LogP contribution < -0.4 is 10.3 Å². The van der Waals surface area contributed by atoms with Gasteiger partial charge in [-0.2, -0.15) is 4.98 Å². The van der Waals surface area contributed by atoms with Gasteiger partial charge in [0.1, 0.15) is 5.82 Å². The van der Waals surface area contributed by atoms with Gasteiger partial charge in [0.2, 0.25) is 5.75 Å². The lowest BCUT2D eigenvalue weighted by atomic mass is 9.74. The van der Waals surface area contributed by atoms with Gasteiger partial charge < -0.3 is 14.2 Å². The van der Waals surface area contributed by atoms with Crippen molar-refractivity contribution >= 4 is 16.7 Å². The number of likely N-dealkylation sites (N-methyl/N-ethyl adjacent to an activating group) is 1. The first-order chi connectivity index (χ1) is 16.5. The maximum atomic E-state index is 13.2. The molecule has 34 heavy (non-hydrogen) atoms. The summed E-state index contributed by atoms with van der Waals surface area (Å²) in [5.41, 5.74) is 1.17. The van der Waals surface area contributed by atoms with Gasteiger partial charge in [0.05, 0.1) is 6.61 Å². The predicted molar refractivity (Wildman–Crippen MR) is 134 cm³/mol. The van der Waals surface area contributed by atoms with E-state index in [9.17, 15) is 9.59 Å². The summed E-state index contributed by atoms with van der Waals surface area (Å²) in [4.78, 5) is 32.6. The SMILES string of the molecule is CCCCOc1c2n(c(CC3(c4cccc5ccccc45)CCCC3)nc1=O)CCN(C)C2=O. The fraction of sp³-hybridized carbons (Fsp3) is 0.464. The number of amides is 1. The lowest BCUT2D eigenvalue weighted by Crippen LogP contribution is -2.42. The van der Waals surface area contributed by atoms with Crippen LogP contribution in [0.4, 0.5) is 0 Å². The van der Waals surface area contributed by atoms with E-state index in [-0.39, 0.29) is 17.1 Å². The summed E-state index contributed by atoms with van der Waals surface area (Å²) in [6.07, 6.45) is 6.84. The Balaban J connectivity index is 1.63. The summed E-state index contributed by atoms with van der Waals surface area (Å²) in [5, 5.41) is 2.50. The third-order valence-corrected chi connectivity index (χ3v) is 7.59. The predicted octanol–water partition coefficient (Wildman–Crippen LogP) is 4.72. The van der Waals surface area contributed by atoms with Crippen LogP contribution in [0.25, 0.3) is 10.8 Å². The van der Waals surface area contributed by atoms with E-state index >= 15 is 0 Å². The maximum absolute atomic E-state index is 13.2. The molecule has 6 heteroatoms. The van der Waals surface area contributed by atoms with Crippen LogP contribution in [0, 0.1) is 0 Å². The van der Waals surface area contributed by atoms with Crippen molar-refractivity contribution in [2.75, 3.05) is 20.2 Å². The monoisotopic (exact) mass is 459 g/mol. The van der Waals surface area contributed by atoms with Gasteiger partial charge in [-0.15, -0.1) is 0 Å². The van der Waals surface area contributed by atoms with Gasteiger partial charge >= 0.3 is 5.56 Å². The van der Waals surface area contributed by atoms with Gasteiger partial charge in [-0.3, -0.25) is 9.59 Å². The number of hydrogen-bond donors (Lipinski definition) is 0. The number of nitrogens with zero attached hydrogens (tertiary/aromatic N) is 3. The van der Waals surface area contributed by atoms with Crippen molar-refractivity contribution in [3.63, 3.8) is 0 Å². The second-order valence-electron chi connectivity index (χ2n) is 9.78. The Kier molecular flexibility index (Phi) is 6.15. The number of aromatic nitrogens is 2. The molecule has 1 saturated carbocycles. The average Bonchev–Trinajstić information content (AvgIpc) is 3.32. The van der Waals surface area contributed by atoms with Crippen LogP contribution in [0.3, 0.4) is 0 Å². The van der Waals surface area contributed by atoms with E-state index in [0.717, 1.165) is 38.5 Å². The van der Waals surface area contributed by atoms with Crippen molar-refractivity contribution in [3.8, 4) is 5.75 Å². The van der Waals surface area contributed by atoms with Gasteiger partial charge in [-0.25, -0.2) is 0 Å². The number of unbranched alkanes of at least 4 members (excludes halogenated alkanes) is 1. The molecule has 178 valence electrons. The van der Waals surface area contributed by atoms with E-state index in [2.05, 4.69) is 54.4 Å². The van der Waals surface area contributed by atoms with Crippen LogP contribution in [0.1, 0.15) is 67.3 Å². The molecule has 0 unspecified atom stereocenters. The number of hydrogen-bond acceptors (Lipinski definition) is 4. The summed E-state index contributed by atoms with van der Waals surface area (Å²) in [6, 6.07) is 15.1. The largest absolute Gasteiger partial charge is 0.486 e. The van der Waals surface area contributed by atoms with Crippen molar-refractivity contribution < 1.29 is 9.53 Å². The number of benzene rings is 2. The molecule has 1 aromatic heterocycles. The van der Waals surface area contributed by atoms with Crippen LogP contribution >= 0.6 is 0 Å². The van der Waals surface area contributed by atoms with Crippen LogP contribution in [-0.2, 0) is 18.4 Å². The molecule has 2 heterocycles. The van der Waals surface area contributed by atoms with Crippen LogP contribution in [-0.4, -0.2) is 40.6 Å². The highest BCUT2D eigenvalue weighted by atomic mass is 16.5. The number of carbonyl (C=O) groups excluding carboxylic acids is 1. The highest BCUT2D eigenvalue weighted by Crippen LogP contribution is 2.46. The molecule has 1 fully saturated rings. The van der Waals surface area contributed by atoms with Crippen molar-refractivity contribution in [2.24, 2.45) is 0 Å². The normalized spacial score (nSPS) is 17.2. The quantitative estimate of drug-likeness (QED) is 0.480. The van der Waals surface area contributed by atoms with Crippen molar-refractivity contribution in [1.82, 2.24) is 14.5 Å². The number of fused-ring (bicyclic) bond motifs is 2. The lowest BCUT2D eigenvalue weighted by molar-refractivity contribution is 0.0735. The molecule has 0 bridgehead atoms. The van der Waals surface area contributed by atoms with Crippen LogP contribution in [0.2, 0.25) is 0 Å². The van der Waals surface area contributed by atoms with Crippen molar-refractivity contribution in [1.29, 1.82) is 0 Å². The molecule has 5 rings (SSSR count). The number of carbonyl (C=O) groups is 1. The van der Waals surface area contributed by atoms with Gasteiger partial charge in [0.15, 0.2) is 5.69 Å². The molecule has 0 radical (unpaired) electrons. The molecule has 6 nitrogen and oxygen atoms in total. The Morgan fingerprint density at radius 2 is 1.79 bits per heavy atom. The Morgan fingerprint density at radius 3 is 2.59 bits per heavy atom. The topological polar surface area (TPSA) is 64.4 Å². The maximum Gasteiger partial charge on any atom is 0.316 e. The third kappa shape index (κ3) is 3.89. The van der Waals surface area contributed by atoms with Gasteiger partial charge in [-0.05, 0) is 35.6 Å². The number of rotatable bonds is 7. The van der Waals surface area contributed by atoms with E-state index in [1.807, 2.05) is 4.57 Å². The zero-order chi connectivity index (χ0) is 23.7. The van der Waals surface area contributed by atoms with Gasteiger partial charge in [-0.1, -0.05) is 68.7 Å². The van der Waals surface area contributed by atoms with Crippen LogP contribution in [0.5, 0.6) is 5.75 Å². The minimum Gasteiger partial charge on any atom is -0.486 e. The molecule has 0 N–H and O–H groups in total. The molecule has 1 aliphatic heterocycles. The Labute approximate surface area is 200 Å². The minimum atomic E-state index is -0.424. The Hall–Kier alpha value is -3.15. The second-order valence-corrected chi connectivity index (χ2v) is 9.78. The smallest absolute Gasteiger partial charge is 0.316 e. The highest BCUT2D eigenvalue weighted by Gasteiger charge is 2.40. The Morgan fingerprint density at radius 1 is 1.03 bits per heavy atom. The molecule has 1 amide bonds.